The van der Waals surface area contributed by atoms with E-state index in [1.165, 1.54) is 4.90 Å². The first kappa shape index (κ1) is 12.6. The molecule has 1 aliphatic rings. The topological polar surface area (TPSA) is 84.1 Å². The summed E-state index contributed by atoms with van der Waals surface area (Å²) in [4.78, 5) is 28.9. The molecule has 7 nitrogen and oxygen atoms in total. The van der Waals surface area contributed by atoms with Crippen LogP contribution in [0.2, 0.25) is 0 Å². The highest BCUT2D eigenvalue weighted by atomic mass is 16.5. The quantitative estimate of drug-likeness (QED) is 0.850. The van der Waals surface area contributed by atoms with Crippen LogP contribution in [0.15, 0.2) is 30.7 Å². The standard InChI is InChI=1S/C13H13N3O4/c17-12(16-5-6-20-10(8-16)13(18)19)9-1-2-11-14-3-4-15(11)7-9/h1-4,7,10H,5-6,8H2,(H,18,19)/t10-/m0/s1. The average molecular weight is 275 g/mol. The normalized spacial score (nSPS) is 19.2. The van der Waals surface area contributed by atoms with Crippen LogP contribution in [0.4, 0.5) is 0 Å². The molecule has 3 heterocycles. The van der Waals surface area contributed by atoms with E-state index in [-0.39, 0.29) is 19.1 Å². The van der Waals surface area contributed by atoms with Crippen molar-refractivity contribution in [2.45, 2.75) is 6.10 Å². The number of hydrogen-bond acceptors (Lipinski definition) is 4. The fourth-order valence-electron chi connectivity index (χ4n) is 2.21. The van der Waals surface area contributed by atoms with Gasteiger partial charge in [0.25, 0.3) is 5.91 Å². The third kappa shape index (κ3) is 2.23. The molecule has 1 atom stereocenters. The summed E-state index contributed by atoms with van der Waals surface area (Å²) in [5, 5.41) is 8.95. The number of carboxylic acid groups (broad SMARTS) is 1. The number of fused-ring (bicyclic) bond motifs is 1. The van der Waals surface area contributed by atoms with Crippen molar-refractivity contribution >= 4 is 17.5 Å². The Morgan fingerprint density at radius 3 is 3.05 bits per heavy atom. The number of carbonyl (C=O) groups is 2. The maximum Gasteiger partial charge on any atom is 0.334 e. The van der Waals surface area contributed by atoms with Gasteiger partial charge in [0.05, 0.1) is 18.7 Å². The number of rotatable bonds is 2. The number of hydrogen-bond donors (Lipinski definition) is 1. The number of nitrogens with zero attached hydrogens (tertiary/aromatic N) is 3. The summed E-state index contributed by atoms with van der Waals surface area (Å²) in [6.07, 6.45) is 4.14. The molecule has 1 amide bonds. The lowest BCUT2D eigenvalue weighted by molar-refractivity contribution is -0.154. The maximum atomic E-state index is 12.4. The molecule has 1 aliphatic heterocycles. The molecule has 0 radical (unpaired) electrons. The molecule has 0 unspecified atom stereocenters. The van der Waals surface area contributed by atoms with Gasteiger partial charge in [-0.2, -0.15) is 0 Å². The summed E-state index contributed by atoms with van der Waals surface area (Å²) in [5.41, 5.74) is 1.26. The molecular weight excluding hydrogens is 262 g/mol. The van der Waals surface area contributed by atoms with Crippen LogP contribution < -0.4 is 0 Å². The molecule has 0 aromatic carbocycles. The predicted octanol–water partition coefficient (Wildman–Crippen LogP) is 0.260. The number of pyridine rings is 1. The lowest BCUT2D eigenvalue weighted by Gasteiger charge is -2.30. The van der Waals surface area contributed by atoms with Crippen molar-refractivity contribution in [3.63, 3.8) is 0 Å². The van der Waals surface area contributed by atoms with Crippen LogP contribution in [0, 0.1) is 0 Å². The molecule has 0 spiro atoms. The highest BCUT2D eigenvalue weighted by Gasteiger charge is 2.29. The van der Waals surface area contributed by atoms with E-state index in [0.29, 0.717) is 12.1 Å². The van der Waals surface area contributed by atoms with Gasteiger partial charge in [0.2, 0.25) is 0 Å². The van der Waals surface area contributed by atoms with Crippen LogP contribution in [-0.2, 0) is 9.53 Å². The van der Waals surface area contributed by atoms with Gasteiger partial charge in [0, 0.05) is 25.1 Å². The number of ether oxygens (including phenoxy) is 1. The van der Waals surface area contributed by atoms with E-state index in [1.807, 2.05) is 0 Å². The molecule has 104 valence electrons. The third-order valence-corrected chi connectivity index (χ3v) is 3.26. The van der Waals surface area contributed by atoms with Crippen LogP contribution in [0.25, 0.3) is 5.65 Å². The summed E-state index contributed by atoms with van der Waals surface area (Å²) in [6, 6.07) is 3.44. The lowest BCUT2D eigenvalue weighted by Crippen LogP contribution is -2.48. The molecule has 0 bridgehead atoms. The minimum Gasteiger partial charge on any atom is -0.479 e. The monoisotopic (exact) mass is 275 g/mol. The number of amides is 1. The molecule has 0 aliphatic carbocycles. The maximum absolute atomic E-state index is 12.4. The van der Waals surface area contributed by atoms with Gasteiger partial charge in [-0.3, -0.25) is 4.79 Å². The van der Waals surface area contributed by atoms with Crippen molar-refractivity contribution in [3.8, 4) is 0 Å². The zero-order chi connectivity index (χ0) is 14.1. The fraction of sp³-hybridized carbons (Fsp3) is 0.308. The Balaban J connectivity index is 1.82. The van der Waals surface area contributed by atoms with E-state index in [2.05, 4.69) is 4.98 Å². The van der Waals surface area contributed by atoms with Gasteiger partial charge >= 0.3 is 5.97 Å². The molecule has 7 heteroatoms. The number of morpholine rings is 1. The van der Waals surface area contributed by atoms with Crippen molar-refractivity contribution in [1.82, 2.24) is 14.3 Å². The van der Waals surface area contributed by atoms with E-state index in [1.54, 1.807) is 35.1 Å². The van der Waals surface area contributed by atoms with Crippen molar-refractivity contribution < 1.29 is 19.4 Å². The molecular formula is C13H13N3O4. The SMILES string of the molecule is O=C(O)[C@@H]1CN(C(=O)c2ccc3nccn3c2)CCO1. The Bertz CT molecular complexity index is 666. The third-order valence-electron chi connectivity index (χ3n) is 3.26. The Morgan fingerprint density at radius 1 is 1.40 bits per heavy atom. The van der Waals surface area contributed by atoms with E-state index >= 15 is 0 Å². The second kappa shape index (κ2) is 4.93. The van der Waals surface area contributed by atoms with E-state index < -0.39 is 12.1 Å². The van der Waals surface area contributed by atoms with E-state index in [4.69, 9.17) is 9.84 Å². The van der Waals surface area contributed by atoms with Crippen LogP contribution >= 0.6 is 0 Å². The second-order valence-electron chi connectivity index (χ2n) is 4.56. The van der Waals surface area contributed by atoms with Crippen LogP contribution in [0.3, 0.4) is 0 Å². The number of carboxylic acids is 1. The Morgan fingerprint density at radius 2 is 2.25 bits per heavy atom. The number of aliphatic carboxylic acids is 1. The van der Waals surface area contributed by atoms with Gasteiger partial charge in [-0.15, -0.1) is 0 Å². The molecule has 1 saturated heterocycles. The molecule has 1 fully saturated rings. The first-order chi connectivity index (χ1) is 9.65. The van der Waals surface area contributed by atoms with Gasteiger partial charge in [-0.1, -0.05) is 0 Å². The molecule has 2 aromatic heterocycles. The van der Waals surface area contributed by atoms with Crippen molar-refractivity contribution in [2.24, 2.45) is 0 Å². The first-order valence-electron chi connectivity index (χ1n) is 6.21. The zero-order valence-corrected chi connectivity index (χ0v) is 10.6. The Labute approximate surface area is 114 Å². The van der Waals surface area contributed by atoms with Crippen molar-refractivity contribution in [3.05, 3.63) is 36.3 Å². The van der Waals surface area contributed by atoms with Gasteiger partial charge < -0.3 is 19.1 Å². The fourth-order valence-corrected chi connectivity index (χ4v) is 2.21. The second-order valence-corrected chi connectivity index (χ2v) is 4.56. The Kier molecular flexibility index (Phi) is 3.11. The number of carbonyl (C=O) groups excluding carboxylic acids is 1. The number of aromatic nitrogens is 2. The highest BCUT2D eigenvalue weighted by molar-refractivity contribution is 5.94. The summed E-state index contributed by atoms with van der Waals surface area (Å²) in [5.74, 6) is -1.25. The van der Waals surface area contributed by atoms with E-state index in [9.17, 15) is 9.59 Å². The van der Waals surface area contributed by atoms with Crippen molar-refractivity contribution in [1.29, 1.82) is 0 Å². The molecule has 1 N–H and O–H groups in total. The minimum absolute atomic E-state index is 0.0656. The van der Waals surface area contributed by atoms with Crippen LogP contribution in [-0.4, -0.2) is 57.1 Å². The largest absolute Gasteiger partial charge is 0.479 e. The molecule has 0 saturated carbocycles. The smallest absolute Gasteiger partial charge is 0.334 e. The predicted molar refractivity (Wildman–Crippen MR) is 68.5 cm³/mol. The molecule has 3 rings (SSSR count). The molecule has 20 heavy (non-hydrogen) atoms. The highest BCUT2D eigenvalue weighted by Crippen LogP contribution is 2.12. The summed E-state index contributed by atoms with van der Waals surface area (Å²) in [7, 11) is 0. The van der Waals surface area contributed by atoms with Crippen LogP contribution in [0.5, 0.6) is 0 Å². The number of imidazole rings is 1. The average Bonchev–Trinajstić information content (AvgIpc) is 2.94. The van der Waals surface area contributed by atoms with Gasteiger partial charge in [-0.25, -0.2) is 9.78 Å². The van der Waals surface area contributed by atoms with Gasteiger partial charge in [0.15, 0.2) is 6.10 Å². The lowest BCUT2D eigenvalue weighted by atomic mass is 10.2. The van der Waals surface area contributed by atoms with Gasteiger partial charge in [-0.05, 0) is 12.1 Å². The zero-order valence-electron chi connectivity index (χ0n) is 10.6. The van der Waals surface area contributed by atoms with Crippen LogP contribution in [0.1, 0.15) is 10.4 Å². The first-order valence-corrected chi connectivity index (χ1v) is 6.21. The summed E-state index contributed by atoms with van der Waals surface area (Å²) < 4.78 is 6.86. The summed E-state index contributed by atoms with van der Waals surface area (Å²) >= 11 is 0. The van der Waals surface area contributed by atoms with Gasteiger partial charge in [0.1, 0.15) is 5.65 Å². The van der Waals surface area contributed by atoms with E-state index in [0.717, 1.165) is 5.65 Å². The van der Waals surface area contributed by atoms with Crippen molar-refractivity contribution in [2.75, 3.05) is 19.7 Å². The molecule has 2 aromatic rings. The Hall–Kier alpha value is -2.41. The minimum atomic E-state index is -1.05. The summed E-state index contributed by atoms with van der Waals surface area (Å²) in [6.45, 7) is 0.691.